The Morgan fingerprint density at radius 1 is 1.41 bits per heavy atom. The monoisotopic (exact) mass is 234 g/mol. The van der Waals surface area contributed by atoms with Crippen molar-refractivity contribution in [3.63, 3.8) is 0 Å². The molecule has 0 bridgehead atoms. The lowest BCUT2D eigenvalue weighted by atomic mass is 10.1. The van der Waals surface area contributed by atoms with E-state index in [9.17, 15) is 0 Å². The molecule has 0 amide bonds. The molecular weight excluding hydrogens is 212 g/mol. The molecule has 4 nitrogen and oxygen atoms in total. The second kappa shape index (κ2) is 5.34. The van der Waals surface area contributed by atoms with Crippen LogP contribution in [0.5, 0.6) is 0 Å². The predicted octanol–water partition coefficient (Wildman–Crippen LogP) is 2.53. The normalized spacial score (nSPS) is 24.1. The van der Waals surface area contributed by atoms with Crippen molar-refractivity contribution in [2.45, 2.75) is 39.7 Å². The van der Waals surface area contributed by atoms with E-state index < -0.39 is 0 Å². The summed E-state index contributed by atoms with van der Waals surface area (Å²) in [5.74, 6) is 2.74. The maximum atomic E-state index is 4.39. The number of rotatable bonds is 4. The Hall–Kier alpha value is -1.32. The molecule has 94 valence electrons. The van der Waals surface area contributed by atoms with Gasteiger partial charge in [0.05, 0.1) is 0 Å². The summed E-state index contributed by atoms with van der Waals surface area (Å²) in [7, 11) is 0. The average Bonchev–Trinajstić information content (AvgIpc) is 2.66. The van der Waals surface area contributed by atoms with Crippen molar-refractivity contribution in [3.05, 3.63) is 12.4 Å². The quantitative estimate of drug-likeness (QED) is 0.869. The maximum absolute atomic E-state index is 4.39. The van der Waals surface area contributed by atoms with Gasteiger partial charge in [0.15, 0.2) is 0 Å². The van der Waals surface area contributed by atoms with Gasteiger partial charge in [-0.05, 0) is 25.7 Å². The van der Waals surface area contributed by atoms with E-state index in [0.29, 0.717) is 6.04 Å². The first-order chi connectivity index (χ1) is 8.20. The van der Waals surface area contributed by atoms with Crippen LogP contribution in [0.2, 0.25) is 0 Å². The van der Waals surface area contributed by atoms with Gasteiger partial charge in [-0.2, -0.15) is 0 Å². The zero-order valence-electron chi connectivity index (χ0n) is 11.0. The van der Waals surface area contributed by atoms with E-state index in [1.165, 1.54) is 6.42 Å². The first-order valence-corrected chi connectivity index (χ1v) is 6.53. The smallest absolute Gasteiger partial charge is 0.134 e. The van der Waals surface area contributed by atoms with E-state index in [4.69, 9.17) is 0 Å². The summed E-state index contributed by atoms with van der Waals surface area (Å²) < 4.78 is 0. The third-order valence-electron chi connectivity index (χ3n) is 3.29. The summed E-state index contributed by atoms with van der Waals surface area (Å²) in [5.41, 5.74) is 0. The second-order valence-electron chi connectivity index (χ2n) is 5.03. The molecule has 1 aliphatic heterocycles. The number of hydrogen-bond donors (Lipinski definition) is 1. The Labute approximate surface area is 103 Å². The fraction of sp³-hybridized carbons (Fsp3) is 0.692. The molecule has 1 saturated heterocycles. The molecule has 2 heterocycles. The average molecular weight is 234 g/mol. The van der Waals surface area contributed by atoms with Crippen LogP contribution >= 0.6 is 0 Å². The largest absolute Gasteiger partial charge is 0.370 e. The van der Waals surface area contributed by atoms with E-state index in [1.54, 1.807) is 6.33 Å². The molecule has 0 aromatic carbocycles. The zero-order chi connectivity index (χ0) is 12.3. The molecule has 1 aromatic rings. The molecule has 2 unspecified atom stereocenters. The van der Waals surface area contributed by atoms with Crippen LogP contribution in [0, 0.1) is 5.92 Å². The molecule has 1 aliphatic rings. The number of nitrogens with zero attached hydrogens (tertiary/aromatic N) is 3. The van der Waals surface area contributed by atoms with Crippen LogP contribution in [0.4, 0.5) is 11.6 Å². The molecule has 1 fully saturated rings. The number of anilines is 2. The molecule has 0 saturated carbocycles. The van der Waals surface area contributed by atoms with Crippen LogP contribution in [0.1, 0.15) is 33.6 Å². The molecule has 0 radical (unpaired) electrons. The van der Waals surface area contributed by atoms with Gasteiger partial charge in [-0.25, -0.2) is 9.97 Å². The fourth-order valence-corrected chi connectivity index (χ4v) is 2.47. The Bertz CT molecular complexity index is 366. The van der Waals surface area contributed by atoms with Gasteiger partial charge in [0.25, 0.3) is 0 Å². The summed E-state index contributed by atoms with van der Waals surface area (Å²) in [6.07, 6.45) is 4.02. The first kappa shape index (κ1) is 12.1. The Morgan fingerprint density at radius 3 is 2.88 bits per heavy atom. The lowest BCUT2D eigenvalue weighted by Gasteiger charge is -2.22. The van der Waals surface area contributed by atoms with Crippen LogP contribution < -0.4 is 10.2 Å². The van der Waals surface area contributed by atoms with Gasteiger partial charge >= 0.3 is 0 Å². The minimum atomic E-state index is 0.582. The molecule has 1 N–H and O–H groups in total. The molecular formula is C13H22N4. The van der Waals surface area contributed by atoms with Gasteiger partial charge in [-0.3, -0.25) is 0 Å². The van der Waals surface area contributed by atoms with Crippen molar-refractivity contribution in [2.75, 3.05) is 23.3 Å². The maximum Gasteiger partial charge on any atom is 0.134 e. The van der Waals surface area contributed by atoms with Crippen molar-refractivity contribution in [2.24, 2.45) is 5.92 Å². The van der Waals surface area contributed by atoms with Gasteiger partial charge in [0.2, 0.25) is 0 Å². The van der Waals surface area contributed by atoms with E-state index in [-0.39, 0.29) is 0 Å². The molecule has 4 heteroatoms. The highest BCUT2D eigenvalue weighted by atomic mass is 15.2. The topological polar surface area (TPSA) is 41.0 Å². The van der Waals surface area contributed by atoms with Crippen LogP contribution in [-0.2, 0) is 0 Å². The third kappa shape index (κ3) is 2.87. The molecule has 0 aliphatic carbocycles. The Balaban J connectivity index is 2.10. The lowest BCUT2D eigenvalue weighted by Crippen LogP contribution is -2.27. The zero-order valence-corrected chi connectivity index (χ0v) is 11.0. The van der Waals surface area contributed by atoms with Crippen molar-refractivity contribution >= 4 is 11.6 Å². The molecule has 2 atom stereocenters. The van der Waals surface area contributed by atoms with E-state index >= 15 is 0 Å². The van der Waals surface area contributed by atoms with Crippen LogP contribution in [0.25, 0.3) is 0 Å². The van der Waals surface area contributed by atoms with Gasteiger partial charge in [-0.15, -0.1) is 0 Å². The summed E-state index contributed by atoms with van der Waals surface area (Å²) in [4.78, 5) is 11.0. The highest BCUT2D eigenvalue weighted by Gasteiger charge is 2.27. The minimum Gasteiger partial charge on any atom is -0.370 e. The summed E-state index contributed by atoms with van der Waals surface area (Å²) in [6, 6.07) is 2.64. The summed E-state index contributed by atoms with van der Waals surface area (Å²) in [6.45, 7) is 8.78. The molecule has 2 rings (SSSR count). The second-order valence-corrected chi connectivity index (χ2v) is 5.03. The number of nitrogens with one attached hydrogen (secondary N) is 1. The van der Waals surface area contributed by atoms with E-state index in [0.717, 1.165) is 37.1 Å². The minimum absolute atomic E-state index is 0.582. The predicted molar refractivity (Wildman–Crippen MR) is 71.4 cm³/mol. The van der Waals surface area contributed by atoms with Crippen LogP contribution in [0.15, 0.2) is 12.4 Å². The van der Waals surface area contributed by atoms with Crippen molar-refractivity contribution in [1.82, 2.24) is 9.97 Å². The van der Waals surface area contributed by atoms with Crippen LogP contribution in [0.3, 0.4) is 0 Å². The van der Waals surface area contributed by atoms with Crippen molar-refractivity contribution < 1.29 is 0 Å². The molecule has 1 aromatic heterocycles. The van der Waals surface area contributed by atoms with Gasteiger partial charge in [-0.1, -0.05) is 13.8 Å². The van der Waals surface area contributed by atoms with E-state index in [2.05, 4.69) is 47.0 Å². The third-order valence-corrected chi connectivity index (χ3v) is 3.29. The molecule has 0 spiro atoms. The first-order valence-electron chi connectivity index (χ1n) is 6.53. The number of aromatic nitrogens is 2. The van der Waals surface area contributed by atoms with Gasteiger partial charge in [0, 0.05) is 25.2 Å². The summed E-state index contributed by atoms with van der Waals surface area (Å²) >= 11 is 0. The fourth-order valence-electron chi connectivity index (χ4n) is 2.47. The standard InChI is InChI=1S/C13H22N4/c1-4-5-14-12-7-13(16-9-15-12)17-8-10(2)6-11(17)3/h7,9-11H,4-6,8H2,1-3H3,(H,14,15,16). The Morgan fingerprint density at radius 2 is 2.24 bits per heavy atom. The summed E-state index contributed by atoms with van der Waals surface area (Å²) in [5, 5.41) is 3.31. The van der Waals surface area contributed by atoms with Crippen molar-refractivity contribution in [3.8, 4) is 0 Å². The van der Waals surface area contributed by atoms with Crippen LogP contribution in [-0.4, -0.2) is 29.1 Å². The SMILES string of the molecule is CCCNc1cc(N2CC(C)CC2C)ncn1. The number of hydrogen-bond acceptors (Lipinski definition) is 4. The van der Waals surface area contributed by atoms with Gasteiger partial charge < -0.3 is 10.2 Å². The Kier molecular flexibility index (Phi) is 3.82. The van der Waals surface area contributed by atoms with Gasteiger partial charge in [0.1, 0.15) is 18.0 Å². The molecule has 17 heavy (non-hydrogen) atoms. The lowest BCUT2D eigenvalue weighted by molar-refractivity contribution is 0.625. The van der Waals surface area contributed by atoms with E-state index in [1.807, 2.05) is 0 Å². The highest BCUT2D eigenvalue weighted by Crippen LogP contribution is 2.27. The highest BCUT2D eigenvalue weighted by molar-refractivity contribution is 5.49. The van der Waals surface area contributed by atoms with Crippen molar-refractivity contribution in [1.29, 1.82) is 0 Å².